The van der Waals surface area contributed by atoms with Crippen LogP contribution >= 0.6 is 0 Å². The van der Waals surface area contributed by atoms with Crippen LogP contribution in [0.5, 0.6) is 0 Å². The number of rotatable bonds is 3. The minimum Gasteiger partial charge on any atom is -0.392 e. The van der Waals surface area contributed by atoms with E-state index >= 15 is 0 Å². The van der Waals surface area contributed by atoms with Crippen LogP contribution in [0.4, 0.5) is 0 Å². The molecule has 0 radical (unpaired) electrons. The molecular formula is C14H22N2O3. The van der Waals surface area contributed by atoms with Gasteiger partial charge in [0.15, 0.2) is 5.82 Å². The molecule has 2 fully saturated rings. The molecule has 106 valence electrons. The van der Waals surface area contributed by atoms with Gasteiger partial charge >= 0.3 is 0 Å². The largest absolute Gasteiger partial charge is 0.392 e. The molecule has 1 aliphatic heterocycles. The molecule has 1 aliphatic carbocycles. The summed E-state index contributed by atoms with van der Waals surface area (Å²) in [6, 6.07) is 0. The van der Waals surface area contributed by atoms with E-state index in [1.807, 2.05) is 0 Å². The van der Waals surface area contributed by atoms with E-state index in [0.29, 0.717) is 5.89 Å². The average Bonchev–Trinajstić information content (AvgIpc) is 3.02. The number of aromatic nitrogens is 2. The van der Waals surface area contributed by atoms with Crippen LogP contribution in [-0.2, 0) is 11.2 Å². The zero-order valence-electron chi connectivity index (χ0n) is 11.3. The topological polar surface area (TPSA) is 68.4 Å². The van der Waals surface area contributed by atoms with Crippen molar-refractivity contribution in [3.8, 4) is 0 Å². The third kappa shape index (κ3) is 3.15. The van der Waals surface area contributed by atoms with Gasteiger partial charge in [-0.15, -0.1) is 0 Å². The van der Waals surface area contributed by atoms with Gasteiger partial charge < -0.3 is 14.4 Å². The molecule has 0 spiro atoms. The van der Waals surface area contributed by atoms with Crippen molar-refractivity contribution in [2.75, 3.05) is 6.61 Å². The highest BCUT2D eigenvalue weighted by molar-refractivity contribution is 4.99. The van der Waals surface area contributed by atoms with E-state index in [9.17, 15) is 5.11 Å². The van der Waals surface area contributed by atoms with Crippen LogP contribution in [0.3, 0.4) is 0 Å². The van der Waals surface area contributed by atoms with Crippen molar-refractivity contribution < 1.29 is 14.4 Å². The van der Waals surface area contributed by atoms with Crippen LogP contribution in [0, 0.1) is 0 Å². The Balaban J connectivity index is 1.65. The minimum atomic E-state index is -0.335. The molecule has 1 saturated carbocycles. The highest BCUT2D eigenvalue weighted by Gasteiger charge is 2.29. The fraction of sp³-hybridized carbons (Fsp3) is 0.857. The van der Waals surface area contributed by atoms with E-state index < -0.39 is 0 Å². The monoisotopic (exact) mass is 266 g/mol. The predicted molar refractivity (Wildman–Crippen MR) is 68.8 cm³/mol. The highest BCUT2D eigenvalue weighted by atomic mass is 16.5. The van der Waals surface area contributed by atoms with E-state index in [2.05, 4.69) is 10.1 Å². The molecule has 5 heteroatoms. The third-order valence-corrected chi connectivity index (χ3v) is 4.21. The van der Waals surface area contributed by atoms with Gasteiger partial charge in [-0.2, -0.15) is 4.98 Å². The summed E-state index contributed by atoms with van der Waals surface area (Å²) in [5, 5.41) is 14.2. The van der Waals surface area contributed by atoms with Gasteiger partial charge in [0, 0.05) is 13.0 Å². The molecule has 1 aromatic heterocycles. The molecular weight excluding hydrogens is 244 g/mol. The van der Waals surface area contributed by atoms with Gasteiger partial charge in [-0.05, 0) is 25.7 Å². The molecule has 3 atom stereocenters. The first-order valence-corrected chi connectivity index (χ1v) is 7.45. The van der Waals surface area contributed by atoms with Gasteiger partial charge in [-0.1, -0.05) is 24.4 Å². The number of ether oxygens (including phenoxy) is 1. The van der Waals surface area contributed by atoms with E-state index in [1.165, 1.54) is 6.42 Å². The summed E-state index contributed by atoms with van der Waals surface area (Å²) in [7, 11) is 0. The lowest BCUT2D eigenvalue weighted by Gasteiger charge is -2.15. The number of nitrogens with zero attached hydrogens (tertiary/aromatic N) is 2. The maximum Gasteiger partial charge on any atom is 0.232 e. The summed E-state index contributed by atoms with van der Waals surface area (Å²) in [5.74, 6) is 1.36. The maximum absolute atomic E-state index is 10.1. The second-order valence-electron chi connectivity index (χ2n) is 5.70. The van der Waals surface area contributed by atoms with Crippen molar-refractivity contribution in [1.82, 2.24) is 10.1 Å². The zero-order chi connectivity index (χ0) is 13.1. The standard InChI is InChI=1S/C14H22N2O3/c17-12-7-3-1-2-6-11(12)14-15-13(16-19-14)9-10-5-4-8-18-10/h10-12,17H,1-9H2. The molecule has 0 aromatic carbocycles. The molecule has 0 bridgehead atoms. The number of aliphatic hydroxyl groups is 1. The molecule has 0 amide bonds. The Morgan fingerprint density at radius 1 is 1.11 bits per heavy atom. The molecule has 3 unspecified atom stereocenters. The summed E-state index contributed by atoms with van der Waals surface area (Å²) < 4.78 is 10.9. The smallest absolute Gasteiger partial charge is 0.232 e. The van der Waals surface area contributed by atoms with Gasteiger partial charge in [0.05, 0.1) is 18.1 Å². The van der Waals surface area contributed by atoms with Crippen molar-refractivity contribution in [3.05, 3.63) is 11.7 Å². The molecule has 2 heterocycles. The van der Waals surface area contributed by atoms with E-state index in [4.69, 9.17) is 9.26 Å². The SMILES string of the molecule is OC1CCCCCC1c1nc(CC2CCCO2)no1. The number of hydrogen-bond acceptors (Lipinski definition) is 5. The summed E-state index contributed by atoms with van der Waals surface area (Å²) in [5.41, 5.74) is 0. The van der Waals surface area contributed by atoms with Crippen LogP contribution in [-0.4, -0.2) is 34.1 Å². The zero-order valence-corrected chi connectivity index (χ0v) is 11.3. The first kappa shape index (κ1) is 13.1. The molecule has 1 aromatic rings. The average molecular weight is 266 g/mol. The molecule has 2 aliphatic rings. The Kier molecular flexibility index (Phi) is 4.13. The summed E-state index contributed by atoms with van der Waals surface area (Å²) in [4.78, 5) is 4.47. The Morgan fingerprint density at radius 2 is 2.00 bits per heavy atom. The van der Waals surface area contributed by atoms with Gasteiger partial charge in [0.2, 0.25) is 5.89 Å². The molecule has 1 N–H and O–H groups in total. The molecule has 5 nitrogen and oxygen atoms in total. The number of aliphatic hydroxyl groups excluding tert-OH is 1. The summed E-state index contributed by atoms with van der Waals surface area (Å²) >= 11 is 0. The van der Waals surface area contributed by atoms with Crippen molar-refractivity contribution in [3.63, 3.8) is 0 Å². The predicted octanol–water partition coefficient (Wildman–Crippen LogP) is 2.20. The van der Waals surface area contributed by atoms with Crippen molar-refractivity contribution in [2.24, 2.45) is 0 Å². The highest BCUT2D eigenvalue weighted by Crippen LogP contribution is 2.31. The Labute approximate surface area is 113 Å². The Hall–Kier alpha value is -0.940. The minimum absolute atomic E-state index is 0.0215. The van der Waals surface area contributed by atoms with Crippen LogP contribution in [0.15, 0.2) is 4.52 Å². The quantitative estimate of drug-likeness (QED) is 0.849. The third-order valence-electron chi connectivity index (χ3n) is 4.21. The summed E-state index contributed by atoms with van der Waals surface area (Å²) in [6.45, 7) is 0.844. The van der Waals surface area contributed by atoms with Crippen LogP contribution in [0.2, 0.25) is 0 Å². The maximum atomic E-state index is 10.1. The lowest BCUT2D eigenvalue weighted by atomic mass is 9.97. The Morgan fingerprint density at radius 3 is 2.84 bits per heavy atom. The van der Waals surface area contributed by atoms with Crippen LogP contribution < -0.4 is 0 Å². The number of hydrogen-bond donors (Lipinski definition) is 1. The molecule has 3 rings (SSSR count). The normalized spacial score (nSPS) is 32.4. The lowest BCUT2D eigenvalue weighted by Crippen LogP contribution is -2.17. The van der Waals surface area contributed by atoms with E-state index in [1.54, 1.807) is 0 Å². The molecule has 1 saturated heterocycles. The second-order valence-corrected chi connectivity index (χ2v) is 5.70. The van der Waals surface area contributed by atoms with Crippen LogP contribution in [0.25, 0.3) is 0 Å². The van der Waals surface area contributed by atoms with Gasteiger partial charge in [-0.3, -0.25) is 0 Å². The van der Waals surface area contributed by atoms with Gasteiger partial charge in [0.1, 0.15) is 0 Å². The fourth-order valence-electron chi connectivity index (χ4n) is 3.09. The Bertz CT molecular complexity index is 401. The van der Waals surface area contributed by atoms with Crippen molar-refractivity contribution >= 4 is 0 Å². The fourth-order valence-corrected chi connectivity index (χ4v) is 3.09. The lowest BCUT2D eigenvalue weighted by molar-refractivity contribution is 0.109. The van der Waals surface area contributed by atoms with Gasteiger partial charge in [0.25, 0.3) is 0 Å². The first-order chi connectivity index (χ1) is 9.33. The van der Waals surface area contributed by atoms with E-state index in [0.717, 1.165) is 57.4 Å². The first-order valence-electron chi connectivity index (χ1n) is 7.45. The van der Waals surface area contributed by atoms with Crippen molar-refractivity contribution in [1.29, 1.82) is 0 Å². The second kappa shape index (κ2) is 6.01. The van der Waals surface area contributed by atoms with Crippen molar-refractivity contribution in [2.45, 2.75) is 69.5 Å². The molecule has 19 heavy (non-hydrogen) atoms. The van der Waals surface area contributed by atoms with Crippen LogP contribution in [0.1, 0.15) is 62.6 Å². The van der Waals surface area contributed by atoms with E-state index in [-0.39, 0.29) is 18.1 Å². The summed E-state index contributed by atoms with van der Waals surface area (Å²) in [6.07, 6.45) is 8.03. The van der Waals surface area contributed by atoms with Gasteiger partial charge in [-0.25, -0.2) is 0 Å².